The minimum atomic E-state index is -0.255. The van der Waals surface area contributed by atoms with Crippen molar-refractivity contribution >= 4 is 24.4 Å². The number of hydrogen-bond acceptors (Lipinski definition) is 3. The Hall–Kier alpha value is 0.818. The van der Waals surface area contributed by atoms with E-state index in [0.717, 1.165) is 25.7 Å². The minimum absolute atomic E-state index is 0. The van der Waals surface area contributed by atoms with Crippen LogP contribution in [0.25, 0.3) is 0 Å². The standard InChI is InChI=1S/C6H10NO2.C5H5N.5ClH.Sb/c8-7(9)6-4-2-1-3-5-6;1-2-4-6-5-3-1;;;;;;/h1,6H,2-5H2;1-5H;5*1H;/q-1;;;;;;;+5/p-5. The van der Waals surface area contributed by atoms with E-state index in [4.69, 9.17) is 0 Å². The maximum atomic E-state index is 10.1. The average Bonchev–Trinajstić information content (AvgIpc) is 2.33. The van der Waals surface area contributed by atoms with Crippen LogP contribution in [0, 0.1) is 16.5 Å². The van der Waals surface area contributed by atoms with Gasteiger partial charge in [0.2, 0.25) is 6.04 Å². The number of hydrogen-bond donors (Lipinski definition) is 0. The molecule has 0 amide bonds. The van der Waals surface area contributed by atoms with E-state index in [9.17, 15) is 10.1 Å². The van der Waals surface area contributed by atoms with Crippen LogP contribution in [0.15, 0.2) is 30.6 Å². The summed E-state index contributed by atoms with van der Waals surface area (Å²) in [6, 6.07) is 5.46. The van der Waals surface area contributed by atoms with Crippen molar-refractivity contribution < 1.29 is 67.0 Å². The van der Waals surface area contributed by atoms with Crippen LogP contribution in [0.4, 0.5) is 0 Å². The Balaban J connectivity index is -0.0000000431. The van der Waals surface area contributed by atoms with Crippen LogP contribution in [0.2, 0.25) is 0 Å². The van der Waals surface area contributed by atoms with E-state index in [1.54, 1.807) is 12.4 Å². The molecule has 1 heterocycles. The van der Waals surface area contributed by atoms with E-state index in [-0.39, 0.29) is 97.4 Å². The van der Waals surface area contributed by atoms with Crippen molar-refractivity contribution in [1.29, 1.82) is 0 Å². The van der Waals surface area contributed by atoms with Crippen molar-refractivity contribution in [3.05, 3.63) is 47.1 Å². The second-order valence-corrected chi connectivity index (χ2v) is 3.41. The number of pyridine rings is 1. The molecule has 1 aromatic rings. The van der Waals surface area contributed by atoms with E-state index in [2.05, 4.69) is 11.4 Å². The molecule has 0 bridgehead atoms. The molecule has 4 nitrogen and oxygen atoms in total. The molecule has 1 aromatic heterocycles. The normalized spacial score (nSPS) is 11.6. The second-order valence-electron chi connectivity index (χ2n) is 3.41. The van der Waals surface area contributed by atoms with Crippen molar-refractivity contribution in [2.45, 2.75) is 31.7 Å². The first-order valence-electron chi connectivity index (χ1n) is 5.11. The third-order valence-corrected chi connectivity index (χ3v) is 2.27. The number of aromatic nitrogens is 1. The van der Waals surface area contributed by atoms with Crippen LogP contribution < -0.4 is 62.0 Å². The molecule has 10 heteroatoms. The summed E-state index contributed by atoms with van der Waals surface area (Å²) in [5, 5.41) is 10.1. The zero-order valence-corrected chi connectivity index (χ0v) is 17.3. The molecule has 21 heavy (non-hydrogen) atoms. The van der Waals surface area contributed by atoms with Crippen molar-refractivity contribution in [2.24, 2.45) is 0 Å². The molecule has 1 saturated carbocycles. The van der Waals surface area contributed by atoms with Crippen molar-refractivity contribution in [1.82, 2.24) is 4.98 Å². The smallest absolute Gasteiger partial charge is 1.00 e. The first kappa shape index (κ1) is 37.8. The summed E-state index contributed by atoms with van der Waals surface area (Å²) in [5.74, 6) is 0. The molecular formula is C11H15Cl5N2O2Sb-. The van der Waals surface area contributed by atoms with Gasteiger partial charge >= 0.3 is 24.4 Å². The summed E-state index contributed by atoms with van der Waals surface area (Å²) in [6.07, 6.45) is 8.96. The largest absolute Gasteiger partial charge is 5.00 e. The van der Waals surface area contributed by atoms with Gasteiger partial charge in [-0.05, 0) is 25.0 Å². The van der Waals surface area contributed by atoms with Crippen LogP contribution >= 0.6 is 0 Å². The fourth-order valence-corrected chi connectivity index (χ4v) is 1.43. The van der Waals surface area contributed by atoms with Gasteiger partial charge in [0.25, 0.3) is 0 Å². The van der Waals surface area contributed by atoms with Gasteiger partial charge in [0.05, 0.1) is 0 Å². The van der Waals surface area contributed by atoms with Gasteiger partial charge < -0.3 is 68.5 Å². The molecule has 0 N–H and O–H groups in total. The summed E-state index contributed by atoms with van der Waals surface area (Å²) in [5.41, 5.74) is 0. The first-order chi connectivity index (χ1) is 7.30. The van der Waals surface area contributed by atoms with E-state index in [0.29, 0.717) is 0 Å². The molecule has 1 aliphatic carbocycles. The molecule has 0 aliphatic heterocycles. The van der Waals surface area contributed by atoms with Gasteiger partial charge in [0.1, 0.15) is 0 Å². The predicted molar refractivity (Wildman–Crippen MR) is 63.5 cm³/mol. The van der Waals surface area contributed by atoms with Gasteiger partial charge in [0.15, 0.2) is 0 Å². The van der Waals surface area contributed by atoms with Crippen molar-refractivity contribution in [2.75, 3.05) is 0 Å². The Morgan fingerprint density at radius 1 is 0.952 bits per heavy atom. The quantitative estimate of drug-likeness (QED) is 0.165. The Morgan fingerprint density at radius 3 is 1.57 bits per heavy atom. The number of nitro groups is 1. The molecule has 0 spiro atoms. The van der Waals surface area contributed by atoms with Crippen molar-refractivity contribution in [3.63, 3.8) is 0 Å². The van der Waals surface area contributed by atoms with Gasteiger partial charge in [-0.2, -0.15) is 12.8 Å². The Bertz CT molecular complexity index is 266. The van der Waals surface area contributed by atoms with Gasteiger partial charge in [-0.3, -0.25) is 15.1 Å². The molecule has 0 aromatic carbocycles. The summed E-state index contributed by atoms with van der Waals surface area (Å²) in [7, 11) is 0. The summed E-state index contributed by atoms with van der Waals surface area (Å²) in [4.78, 5) is 13.8. The van der Waals surface area contributed by atoms with Crippen LogP contribution in [0.5, 0.6) is 0 Å². The molecule has 0 unspecified atom stereocenters. The summed E-state index contributed by atoms with van der Waals surface area (Å²) < 4.78 is 0. The number of nitrogens with zero attached hydrogens (tertiary/aromatic N) is 2. The third kappa shape index (κ3) is 20.8. The van der Waals surface area contributed by atoms with Gasteiger partial charge in [-0.25, -0.2) is 0 Å². The molecule has 1 aliphatic rings. The van der Waals surface area contributed by atoms with Crippen LogP contribution in [-0.2, 0) is 0 Å². The summed E-state index contributed by atoms with van der Waals surface area (Å²) in [6.45, 7) is 0. The SMILES string of the molecule is O=[N+]([O-])C1CC[CH-]CC1.[Cl-].[Cl-].[Cl-].[Cl-].[Cl-].[Sb+5].c1ccncc1. The van der Waals surface area contributed by atoms with E-state index < -0.39 is 0 Å². The zero-order valence-electron chi connectivity index (χ0n) is 10.9. The average molecular weight is 506 g/mol. The monoisotopic (exact) mass is 503 g/mol. The van der Waals surface area contributed by atoms with Crippen LogP contribution in [0.1, 0.15) is 25.7 Å². The Morgan fingerprint density at radius 2 is 1.38 bits per heavy atom. The molecule has 1 fully saturated rings. The van der Waals surface area contributed by atoms with Gasteiger partial charge in [-0.1, -0.05) is 6.07 Å². The number of halogens is 5. The maximum Gasteiger partial charge on any atom is 5.00 e. The van der Waals surface area contributed by atoms with Gasteiger partial charge in [0, 0.05) is 17.3 Å². The molecule has 0 radical (unpaired) electrons. The second kappa shape index (κ2) is 25.8. The molecular weight excluding hydrogens is 491 g/mol. The van der Waals surface area contributed by atoms with Crippen LogP contribution in [0.3, 0.4) is 0 Å². The van der Waals surface area contributed by atoms with Crippen LogP contribution in [-0.4, -0.2) is 40.4 Å². The summed E-state index contributed by atoms with van der Waals surface area (Å²) >= 11 is 0. The maximum absolute atomic E-state index is 10.1. The van der Waals surface area contributed by atoms with E-state index >= 15 is 0 Å². The molecule has 0 saturated heterocycles. The predicted octanol–water partition coefficient (Wildman–Crippen LogP) is -12.9. The van der Waals surface area contributed by atoms with E-state index in [1.807, 2.05) is 18.2 Å². The third-order valence-electron chi connectivity index (χ3n) is 2.27. The van der Waals surface area contributed by atoms with Gasteiger partial charge in [-0.15, -0.1) is 0 Å². The minimum Gasteiger partial charge on any atom is -1.00 e. The Kier molecular flexibility index (Phi) is 46.3. The molecule has 0 atom stereocenters. The topological polar surface area (TPSA) is 56.0 Å². The number of rotatable bonds is 1. The zero-order chi connectivity index (χ0) is 10.9. The van der Waals surface area contributed by atoms with Crippen molar-refractivity contribution in [3.8, 4) is 0 Å². The van der Waals surface area contributed by atoms with E-state index in [1.165, 1.54) is 0 Å². The molecule has 122 valence electrons. The Labute approximate surface area is 174 Å². The first-order valence-corrected chi connectivity index (χ1v) is 5.11. The molecule has 2 rings (SSSR count). The fraction of sp³-hybridized carbons (Fsp3) is 0.455. The fourth-order valence-electron chi connectivity index (χ4n) is 1.43.